The van der Waals surface area contributed by atoms with Gasteiger partial charge in [0.15, 0.2) is 0 Å². The third kappa shape index (κ3) is 6.46. The Balaban J connectivity index is 1.08. The van der Waals surface area contributed by atoms with Crippen LogP contribution in [0.25, 0.3) is 11.0 Å². The van der Waals surface area contributed by atoms with Crippen LogP contribution in [0.15, 0.2) is 65.6 Å². The van der Waals surface area contributed by atoms with E-state index in [0.29, 0.717) is 43.5 Å². The molecule has 1 aromatic heterocycles. The zero-order chi connectivity index (χ0) is 35.2. The minimum absolute atomic E-state index is 0.0810. The second-order valence-corrected chi connectivity index (χ2v) is 16.0. The Labute approximate surface area is 291 Å². The Morgan fingerprint density at radius 3 is 2.36 bits per heavy atom. The van der Waals surface area contributed by atoms with Gasteiger partial charge in [0.05, 0.1) is 16.6 Å². The number of para-hydroxylation sites is 2. The summed E-state index contributed by atoms with van der Waals surface area (Å²) in [5.41, 5.74) is 2.20. The maximum Gasteiger partial charge on any atom is 0.256 e. The lowest BCUT2D eigenvalue weighted by molar-refractivity contribution is 0.0602. The quantitative estimate of drug-likeness (QED) is 0.194. The van der Waals surface area contributed by atoms with Crippen LogP contribution in [0.1, 0.15) is 86.1 Å². The van der Waals surface area contributed by atoms with Crippen molar-refractivity contribution in [1.82, 2.24) is 24.1 Å². The van der Waals surface area contributed by atoms with Crippen LogP contribution in [0.5, 0.6) is 0 Å². The van der Waals surface area contributed by atoms with Crippen LogP contribution in [0, 0.1) is 24.4 Å². The summed E-state index contributed by atoms with van der Waals surface area (Å²) in [5, 5.41) is 0. The Hall–Kier alpha value is -3.74. The highest BCUT2D eigenvalue weighted by Crippen LogP contribution is 2.45. The predicted molar refractivity (Wildman–Crippen MR) is 186 cm³/mol. The van der Waals surface area contributed by atoms with E-state index in [1.807, 2.05) is 12.1 Å². The van der Waals surface area contributed by atoms with Crippen LogP contribution in [0.2, 0.25) is 0 Å². The second kappa shape index (κ2) is 13.8. The van der Waals surface area contributed by atoms with Crippen molar-refractivity contribution in [1.29, 1.82) is 0 Å². The lowest BCUT2D eigenvalue weighted by atomic mass is 9.70. The molecule has 3 fully saturated rings. The summed E-state index contributed by atoms with van der Waals surface area (Å²) >= 11 is 0. The highest BCUT2D eigenvalue weighted by atomic mass is 32.2. The molecule has 3 aliphatic rings. The molecule has 50 heavy (non-hydrogen) atoms. The summed E-state index contributed by atoms with van der Waals surface area (Å²) in [6.07, 6.45) is 6.68. The van der Waals surface area contributed by atoms with Crippen LogP contribution < -0.4 is 4.72 Å². The Morgan fingerprint density at radius 2 is 1.66 bits per heavy atom. The summed E-state index contributed by atoms with van der Waals surface area (Å²) in [6, 6.07) is 17.5. The summed E-state index contributed by atoms with van der Waals surface area (Å²) in [5.74, 6) is -2.32. The molecule has 2 bridgehead atoms. The Bertz CT molecular complexity index is 2000. The van der Waals surface area contributed by atoms with E-state index >= 15 is 4.39 Å². The largest absolute Gasteiger partial charge is 0.338 e. The predicted octanol–water partition coefficient (Wildman–Crippen LogP) is 6.88. The third-order valence-electron chi connectivity index (χ3n) is 11.4. The number of carbonyl (C=O) groups excluding carboxylic acids is 1. The molecule has 12 heteroatoms. The molecule has 8 nitrogen and oxygen atoms in total. The van der Waals surface area contributed by atoms with Crippen LogP contribution in [0.3, 0.4) is 0 Å². The number of hydrogen-bond donors (Lipinski definition) is 1. The van der Waals surface area contributed by atoms with Gasteiger partial charge >= 0.3 is 0 Å². The normalized spacial score (nSPS) is 22.3. The summed E-state index contributed by atoms with van der Waals surface area (Å²) < 4.78 is 74.4. The van der Waals surface area contributed by atoms with E-state index in [9.17, 15) is 22.0 Å². The molecule has 3 aliphatic heterocycles. The number of rotatable bonds is 10. The van der Waals surface area contributed by atoms with E-state index in [2.05, 4.69) is 39.3 Å². The maximum atomic E-state index is 15.0. The van der Waals surface area contributed by atoms with E-state index in [4.69, 9.17) is 4.98 Å². The number of imidazole rings is 1. The van der Waals surface area contributed by atoms with Gasteiger partial charge < -0.3 is 9.47 Å². The maximum absolute atomic E-state index is 15.0. The van der Waals surface area contributed by atoms with E-state index in [0.717, 1.165) is 61.6 Å². The van der Waals surface area contributed by atoms with Crippen LogP contribution in [-0.4, -0.2) is 71.9 Å². The van der Waals surface area contributed by atoms with Crippen molar-refractivity contribution in [3.63, 3.8) is 0 Å². The van der Waals surface area contributed by atoms with Crippen LogP contribution in [-0.2, 0) is 15.4 Å². The zero-order valence-electron chi connectivity index (χ0n) is 28.5. The molecule has 3 aromatic carbocycles. The van der Waals surface area contributed by atoms with Crippen molar-refractivity contribution in [2.45, 2.75) is 93.7 Å². The van der Waals surface area contributed by atoms with Crippen molar-refractivity contribution in [2.24, 2.45) is 0 Å². The van der Waals surface area contributed by atoms with Crippen molar-refractivity contribution in [3.05, 3.63) is 95.1 Å². The fourth-order valence-corrected chi connectivity index (χ4v) is 10.0. The number of hydrogen-bond acceptors (Lipinski definition) is 5. The smallest absolute Gasteiger partial charge is 0.256 e. The molecule has 0 radical (unpaired) electrons. The number of halogens is 3. The number of benzene rings is 3. The second-order valence-electron chi connectivity index (χ2n) is 14.3. The molecule has 2 unspecified atom stereocenters. The lowest BCUT2D eigenvalue weighted by Crippen LogP contribution is -2.49. The van der Waals surface area contributed by atoms with Crippen LogP contribution >= 0.6 is 0 Å². The van der Waals surface area contributed by atoms with Gasteiger partial charge in [-0.05, 0) is 106 Å². The van der Waals surface area contributed by atoms with E-state index in [-0.39, 0.29) is 25.5 Å². The van der Waals surface area contributed by atoms with E-state index in [1.165, 1.54) is 16.5 Å². The number of carbonyl (C=O) groups is 1. The van der Waals surface area contributed by atoms with Gasteiger partial charge in [-0.25, -0.2) is 31.3 Å². The number of nitrogens with one attached hydrogen (secondary N) is 1. The third-order valence-corrected chi connectivity index (χ3v) is 12.8. The molecule has 0 spiro atoms. The number of likely N-dealkylation sites (tertiary alicyclic amines) is 1. The molecule has 0 saturated carbocycles. The molecule has 1 N–H and O–H groups in total. The van der Waals surface area contributed by atoms with Gasteiger partial charge in [-0.15, -0.1) is 0 Å². The first-order chi connectivity index (χ1) is 24.0. The fourth-order valence-electron chi connectivity index (χ4n) is 8.81. The topological polar surface area (TPSA) is 87.5 Å². The first-order valence-corrected chi connectivity index (χ1v) is 19.2. The Kier molecular flexibility index (Phi) is 9.55. The minimum atomic E-state index is -4.27. The van der Waals surface area contributed by atoms with Crippen molar-refractivity contribution >= 4 is 27.0 Å². The number of fused-ring (bicyclic) bond motifs is 3. The number of piperidine rings is 2. The number of aryl methyl sites for hydroxylation is 1. The van der Waals surface area contributed by atoms with Gasteiger partial charge in [-0.1, -0.05) is 31.2 Å². The van der Waals surface area contributed by atoms with Gasteiger partial charge in [-0.2, -0.15) is 0 Å². The zero-order valence-corrected chi connectivity index (χ0v) is 29.4. The van der Waals surface area contributed by atoms with Crippen LogP contribution in [0.4, 0.5) is 13.2 Å². The highest BCUT2D eigenvalue weighted by Gasteiger charge is 2.44. The van der Waals surface area contributed by atoms with E-state index in [1.54, 1.807) is 19.1 Å². The Morgan fingerprint density at radius 1 is 0.940 bits per heavy atom. The average molecular weight is 708 g/mol. The van der Waals surface area contributed by atoms with Crippen molar-refractivity contribution < 1.29 is 26.4 Å². The number of aromatic nitrogens is 2. The first-order valence-electron chi connectivity index (χ1n) is 17.7. The average Bonchev–Trinajstić information content (AvgIpc) is 3.56. The molecule has 1 amide bonds. The van der Waals surface area contributed by atoms with Crippen molar-refractivity contribution in [3.8, 4) is 0 Å². The summed E-state index contributed by atoms with van der Waals surface area (Å²) in [4.78, 5) is 21.8. The highest BCUT2D eigenvalue weighted by molar-refractivity contribution is 7.89. The van der Waals surface area contributed by atoms with Gasteiger partial charge in [-0.3, -0.25) is 9.69 Å². The minimum Gasteiger partial charge on any atom is -0.338 e. The molecule has 4 aromatic rings. The molecule has 4 heterocycles. The molecule has 0 aliphatic carbocycles. The van der Waals surface area contributed by atoms with Gasteiger partial charge in [0.25, 0.3) is 5.91 Å². The fraction of sp³-hybridized carbons (Fsp3) is 0.474. The first kappa shape index (κ1) is 34.7. The molecular weight excluding hydrogens is 664 g/mol. The molecule has 266 valence electrons. The number of sulfonamides is 1. The van der Waals surface area contributed by atoms with Gasteiger partial charge in [0.2, 0.25) is 10.0 Å². The molecule has 3 saturated heterocycles. The monoisotopic (exact) mass is 707 g/mol. The van der Waals surface area contributed by atoms with Gasteiger partial charge in [0, 0.05) is 43.8 Å². The standard InChI is InChI=1S/C38H44F3N5O3S/c1-3-16-42-50(48,49)36-23-31(32(40)24-33(36)41)37(47)44-17-13-38(14-18-44,26-7-6-8-27(39)20-26)15-19-45-28-11-12-29(45)22-30(21-28)46-25(2)43-34-9-4-5-10-35(34)46/h4-10,20,23-24,28-30,42H,3,11-19,21-22H2,1-2H3. The molecular formula is C38H44F3N5O3S. The number of amides is 1. The van der Waals surface area contributed by atoms with E-state index < -0.39 is 43.4 Å². The summed E-state index contributed by atoms with van der Waals surface area (Å²) in [7, 11) is -4.27. The van der Waals surface area contributed by atoms with Gasteiger partial charge in [0.1, 0.15) is 28.2 Å². The summed E-state index contributed by atoms with van der Waals surface area (Å²) in [6.45, 7) is 5.31. The lowest BCUT2D eigenvalue weighted by Gasteiger charge is -2.45. The SMILES string of the molecule is CCCNS(=O)(=O)c1cc(C(=O)N2CCC(CCN3C4CCC3CC(n3c(C)nc5ccccc53)C4)(c3cccc(F)c3)CC2)c(F)cc1F. The van der Waals surface area contributed by atoms with Crippen molar-refractivity contribution in [2.75, 3.05) is 26.2 Å². The number of nitrogens with zero attached hydrogens (tertiary/aromatic N) is 4. The molecule has 2 atom stereocenters. The molecule has 7 rings (SSSR count).